The Kier molecular flexibility index (Phi) is 8.58. The third-order valence-corrected chi connectivity index (χ3v) is 8.56. The van der Waals surface area contributed by atoms with Gasteiger partial charge < -0.3 is 19.7 Å². The van der Waals surface area contributed by atoms with Gasteiger partial charge in [0.05, 0.1) is 30.5 Å². The number of hydrogen-bond donors (Lipinski definition) is 2. The van der Waals surface area contributed by atoms with Crippen LogP contribution < -0.4 is 15.5 Å². The van der Waals surface area contributed by atoms with Gasteiger partial charge in [-0.2, -0.15) is 14.6 Å². The molecular weight excluding hydrogens is 593 g/mol. The molecule has 240 valence electrons. The van der Waals surface area contributed by atoms with E-state index in [1.807, 2.05) is 37.3 Å². The predicted octanol–water partition coefficient (Wildman–Crippen LogP) is 3.66. The molecule has 3 saturated heterocycles. The second kappa shape index (κ2) is 13.1. The summed E-state index contributed by atoms with van der Waals surface area (Å²) in [6.45, 7) is 4.77. The Labute approximate surface area is 265 Å². The molecule has 3 aliphatic rings. The Hall–Kier alpha value is -4.50. The highest BCUT2D eigenvalue weighted by molar-refractivity contribution is 5.91. The quantitative estimate of drug-likeness (QED) is 0.265. The molecule has 2 amide bonds. The van der Waals surface area contributed by atoms with Crippen LogP contribution in [-0.4, -0.2) is 94.0 Å². The maximum Gasteiger partial charge on any atom is 0.320 e. The summed E-state index contributed by atoms with van der Waals surface area (Å²) >= 11 is 0. The summed E-state index contributed by atoms with van der Waals surface area (Å²) in [7, 11) is 1.61. The number of hydrogen-bond acceptors (Lipinski definition) is 10. The van der Waals surface area contributed by atoms with Crippen LogP contribution in [0.25, 0.3) is 16.9 Å². The van der Waals surface area contributed by atoms with E-state index in [4.69, 9.17) is 19.4 Å². The first-order chi connectivity index (χ1) is 22.4. The molecule has 0 spiro atoms. The van der Waals surface area contributed by atoms with Crippen molar-refractivity contribution in [2.45, 2.75) is 44.1 Å². The normalized spacial score (nSPS) is 22.7. The third kappa shape index (κ3) is 6.29. The number of para-hydroxylation sites is 1. The van der Waals surface area contributed by atoms with Gasteiger partial charge in [0.25, 0.3) is 0 Å². The summed E-state index contributed by atoms with van der Waals surface area (Å²) < 4.78 is 26.9. The van der Waals surface area contributed by atoms with E-state index in [1.54, 1.807) is 35.3 Å². The number of halogens is 1. The van der Waals surface area contributed by atoms with Crippen molar-refractivity contribution < 1.29 is 23.5 Å². The number of amides is 2. The Balaban J connectivity index is 1.13. The van der Waals surface area contributed by atoms with Crippen LogP contribution in [0, 0.1) is 12.9 Å². The first kappa shape index (κ1) is 30.2. The molecule has 13 nitrogen and oxygen atoms in total. The number of fused-ring (bicyclic) bond motifs is 2. The number of nitrogens with one attached hydrogen (secondary N) is 2. The largest absolute Gasteiger partial charge is 0.383 e. The maximum atomic E-state index is 14.0. The number of methoxy groups -OCH3 is 1. The minimum Gasteiger partial charge on any atom is -0.383 e. The van der Waals surface area contributed by atoms with E-state index in [0.29, 0.717) is 42.7 Å². The molecular formula is C32H36FN9O4. The number of carbonyl (C=O) groups is 1. The van der Waals surface area contributed by atoms with Crippen LogP contribution in [0.3, 0.4) is 0 Å². The summed E-state index contributed by atoms with van der Waals surface area (Å²) in [4.78, 5) is 34.9. The minimum absolute atomic E-state index is 0.232. The van der Waals surface area contributed by atoms with Gasteiger partial charge in [0.1, 0.15) is 17.6 Å². The molecule has 0 radical (unpaired) electrons. The molecule has 2 N–H and O–H groups in total. The fraction of sp³-hybridized carbons (Fsp3) is 0.406. The lowest BCUT2D eigenvalue weighted by Gasteiger charge is -2.32. The van der Waals surface area contributed by atoms with E-state index in [-0.39, 0.29) is 12.2 Å². The molecule has 2 bridgehead atoms. The lowest BCUT2D eigenvalue weighted by molar-refractivity contribution is -0.154. The molecule has 3 aromatic heterocycles. The zero-order chi connectivity index (χ0) is 31.6. The number of pyridine rings is 1. The summed E-state index contributed by atoms with van der Waals surface area (Å²) in [6.07, 6.45) is 6.92. The smallest absolute Gasteiger partial charge is 0.320 e. The SMILES string of the molecule is COCCN1C[C@@H](NC(=O)Nc2c(C)c(-c3cnc(N4C[C@H]5CC[C@@H](C4)O5)nc3)nn2-c2ccccc2)[C@H](c2ccnc(F)c2)O1. The first-order valence-electron chi connectivity index (χ1n) is 15.4. The van der Waals surface area contributed by atoms with Gasteiger partial charge in [-0.3, -0.25) is 10.2 Å². The molecule has 0 aliphatic carbocycles. The molecule has 4 aromatic rings. The maximum absolute atomic E-state index is 14.0. The second-order valence-electron chi connectivity index (χ2n) is 11.7. The summed E-state index contributed by atoms with van der Waals surface area (Å²) in [6, 6.07) is 11.6. The number of carbonyl (C=O) groups excluding carboxylic acids is 1. The van der Waals surface area contributed by atoms with Crippen molar-refractivity contribution >= 4 is 17.8 Å². The van der Waals surface area contributed by atoms with Crippen LogP contribution in [0.4, 0.5) is 21.0 Å². The topological polar surface area (TPSA) is 132 Å². The summed E-state index contributed by atoms with van der Waals surface area (Å²) in [5.74, 6) is 0.543. The van der Waals surface area contributed by atoms with Gasteiger partial charge >= 0.3 is 6.03 Å². The zero-order valence-electron chi connectivity index (χ0n) is 25.7. The van der Waals surface area contributed by atoms with Crippen molar-refractivity contribution in [3.05, 3.63) is 78.1 Å². The van der Waals surface area contributed by atoms with E-state index in [1.165, 1.54) is 12.3 Å². The molecule has 0 unspecified atom stereocenters. The number of hydroxylamine groups is 2. The van der Waals surface area contributed by atoms with Gasteiger partial charge in [-0.1, -0.05) is 18.2 Å². The molecule has 0 saturated carbocycles. The van der Waals surface area contributed by atoms with E-state index < -0.39 is 24.1 Å². The van der Waals surface area contributed by atoms with Crippen molar-refractivity contribution in [1.82, 2.24) is 35.1 Å². The molecule has 6 heterocycles. The summed E-state index contributed by atoms with van der Waals surface area (Å²) in [5.41, 5.74) is 3.46. The highest BCUT2D eigenvalue weighted by Gasteiger charge is 2.37. The van der Waals surface area contributed by atoms with Gasteiger partial charge in [-0.15, -0.1) is 0 Å². The monoisotopic (exact) mass is 629 g/mol. The predicted molar refractivity (Wildman–Crippen MR) is 167 cm³/mol. The molecule has 3 fully saturated rings. The highest BCUT2D eigenvalue weighted by Crippen LogP contribution is 2.33. The van der Waals surface area contributed by atoms with E-state index in [9.17, 15) is 9.18 Å². The summed E-state index contributed by atoms with van der Waals surface area (Å²) in [5, 5.41) is 12.7. The lowest BCUT2D eigenvalue weighted by atomic mass is 10.0. The number of aromatic nitrogens is 5. The Morgan fingerprint density at radius 2 is 1.83 bits per heavy atom. The fourth-order valence-corrected chi connectivity index (χ4v) is 6.31. The van der Waals surface area contributed by atoms with Crippen LogP contribution in [0.5, 0.6) is 0 Å². The molecule has 3 aliphatic heterocycles. The average molecular weight is 630 g/mol. The molecule has 46 heavy (non-hydrogen) atoms. The van der Waals surface area contributed by atoms with Crippen molar-refractivity contribution in [1.29, 1.82) is 0 Å². The van der Waals surface area contributed by atoms with E-state index in [2.05, 4.69) is 30.5 Å². The van der Waals surface area contributed by atoms with Crippen LogP contribution in [-0.2, 0) is 14.3 Å². The number of benzene rings is 1. The van der Waals surface area contributed by atoms with Crippen LogP contribution in [0.2, 0.25) is 0 Å². The zero-order valence-corrected chi connectivity index (χ0v) is 25.7. The van der Waals surface area contributed by atoms with Crippen molar-refractivity contribution in [2.75, 3.05) is 50.1 Å². The second-order valence-corrected chi connectivity index (χ2v) is 11.7. The van der Waals surface area contributed by atoms with Crippen LogP contribution in [0.1, 0.15) is 30.1 Å². The lowest BCUT2D eigenvalue weighted by Crippen LogP contribution is -2.43. The molecule has 7 rings (SSSR count). The Bertz CT molecular complexity index is 1660. The number of urea groups is 1. The van der Waals surface area contributed by atoms with E-state index >= 15 is 0 Å². The number of anilines is 2. The fourth-order valence-electron chi connectivity index (χ4n) is 6.31. The third-order valence-electron chi connectivity index (χ3n) is 8.56. The van der Waals surface area contributed by atoms with Crippen LogP contribution >= 0.6 is 0 Å². The van der Waals surface area contributed by atoms with Crippen molar-refractivity contribution in [3.8, 4) is 16.9 Å². The standard InChI is InChI=1S/C32H36FN9O4/c1-20-28(22-15-35-31(36-16-22)40-17-24-8-9-25(18-40)45-24)39-42(23-6-4-3-5-7-23)30(20)38-32(43)37-26-19-41(12-13-44-2)46-29(26)21-10-11-34-27(33)14-21/h3-7,10-11,14-16,24-26,29H,8-9,12-13,17-19H2,1-2H3,(H2,37,38,43)/t24-,25+,26-,29+/m1/s1. The van der Waals surface area contributed by atoms with Crippen molar-refractivity contribution in [2.24, 2.45) is 0 Å². The van der Waals surface area contributed by atoms with Crippen LogP contribution in [0.15, 0.2) is 61.1 Å². The van der Waals surface area contributed by atoms with Gasteiger partial charge in [0.2, 0.25) is 11.9 Å². The Morgan fingerprint density at radius 3 is 2.54 bits per heavy atom. The van der Waals surface area contributed by atoms with Gasteiger partial charge in [-0.25, -0.2) is 24.4 Å². The van der Waals surface area contributed by atoms with Crippen molar-refractivity contribution in [3.63, 3.8) is 0 Å². The molecule has 4 atom stereocenters. The number of rotatable bonds is 9. The Morgan fingerprint density at radius 1 is 1.07 bits per heavy atom. The molecule has 14 heteroatoms. The number of morpholine rings is 1. The van der Waals surface area contributed by atoms with Gasteiger partial charge in [0.15, 0.2) is 0 Å². The minimum atomic E-state index is -0.622. The van der Waals surface area contributed by atoms with Gasteiger partial charge in [0, 0.05) is 63.0 Å². The number of nitrogens with zero attached hydrogens (tertiary/aromatic N) is 7. The number of ether oxygens (including phenoxy) is 2. The first-order valence-corrected chi connectivity index (χ1v) is 15.4. The molecule has 1 aromatic carbocycles. The van der Waals surface area contributed by atoms with E-state index in [0.717, 1.165) is 42.7 Å². The highest BCUT2D eigenvalue weighted by atomic mass is 19.1. The average Bonchev–Trinajstić information content (AvgIpc) is 3.74. The van der Waals surface area contributed by atoms with Gasteiger partial charge in [-0.05, 0) is 49.6 Å².